The third-order valence-electron chi connectivity index (χ3n) is 2.67. The van der Waals surface area contributed by atoms with Crippen LogP contribution in [0, 0.1) is 11.8 Å². The molecule has 1 rings (SSSR count). The molecule has 1 amide bonds. The second-order valence-electron chi connectivity index (χ2n) is 5.82. The number of para-hydroxylation sites is 1. The third kappa shape index (κ3) is 6.74. The molecule has 0 saturated heterocycles. The van der Waals surface area contributed by atoms with E-state index in [2.05, 4.69) is 21.9 Å². The molecule has 0 saturated carbocycles. The van der Waals surface area contributed by atoms with Crippen LogP contribution in [0.4, 0.5) is 10.5 Å². The molecule has 3 N–H and O–H groups in total. The first-order chi connectivity index (χ1) is 10.7. The number of carbonyl (C=O) groups is 2. The molecule has 0 spiro atoms. The van der Waals surface area contributed by atoms with Gasteiger partial charge in [0, 0.05) is 17.7 Å². The van der Waals surface area contributed by atoms with Gasteiger partial charge in [-0.1, -0.05) is 24.0 Å². The highest BCUT2D eigenvalue weighted by atomic mass is 16.6. The Labute approximate surface area is 136 Å². The number of esters is 1. The molecule has 0 unspecified atom stereocenters. The second kappa shape index (κ2) is 8.08. The van der Waals surface area contributed by atoms with Crippen LogP contribution in [0.3, 0.4) is 0 Å². The van der Waals surface area contributed by atoms with Crippen LogP contribution in [0.2, 0.25) is 0 Å². The standard InChI is InChI=1S/C17H22N2O4/c1-17(2,3)23-16(21)19-14(15(20)22-4)11-7-9-12-8-5-6-10-13(12)18/h5-6,8,10,14H,11,18H2,1-4H3,(H,19,21)/t14-/m0/s1. The highest BCUT2D eigenvalue weighted by molar-refractivity contribution is 5.81. The average molecular weight is 318 g/mol. The van der Waals surface area contributed by atoms with E-state index in [1.54, 1.807) is 32.9 Å². The Balaban J connectivity index is 2.75. The minimum atomic E-state index is -0.910. The van der Waals surface area contributed by atoms with E-state index in [4.69, 9.17) is 10.5 Å². The number of hydrogen-bond donors (Lipinski definition) is 2. The summed E-state index contributed by atoms with van der Waals surface area (Å²) < 4.78 is 9.79. The van der Waals surface area contributed by atoms with E-state index in [-0.39, 0.29) is 6.42 Å². The molecule has 0 fully saturated rings. The van der Waals surface area contributed by atoms with Crippen molar-refractivity contribution in [1.82, 2.24) is 5.32 Å². The zero-order valence-electron chi connectivity index (χ0n) is 13.8. The van der Waals surface area contributed by atoms with Crippen LogP contribution in [0.15, 0.2) is 24.3 Å². The van der Waals surface area contributed by atoms with E-state index in [1.165, 1.54) is 7.11 Å². The minimum Gasteiger partial charge on any atom is -0.467 e. The molecule has 6 nitrogen and oxygen atoms in total. The molecule has 1 atom stereocenters. The first kappa shape index (κ1) is 18.4. The van der Waals surface area contributed by atoms with Crippen LogP contribution < -0.4 is 11.1 Å². The Bertz CT molecular complexity index is 623. The lowest BCUT2D eigenvalue weighted by Gasteiger charge is -2.21. The number of ether oxygens (including phenoxy) is 2. The number of amides is 1. The predicted octanol–water partition coefficient (Wildman–Crippen LogP) is 2.08. The number of anilines is 1. The van der Waals surface area contributed by atoms with E-state index in [1.807, 2.05) is 12.1 Å². The lowest BCUT2D eigenvalue weighted by molar-refractivity contribution is -0.143. The molecule has 0 bridgehead atoms. The molecule has 0 radical (unpaired) electrons. The molecule has 1 aromatic carbocycles. The van der Waals surface area contributed by atoms with Gasteiger partial charge in [-0.2, -0.15) is 0 Å². The van der Waals surface area contributed by atoms with E-state index >= 15 is 0 Å². The van der Waals surface area contributed by atoms with E-state index in [0.717, 1.165) is 0 Å². The molecule has 0 aliphatic heterocycles. The number of nitrogens with one attached hydrogen (secondary N) is 1. The van der Waals surface area contributed by atoms with Gasteiger partial charge in [0.1, 0.15) is 11.6 Å². The maximum atomic E-state index is 11.8. The van der Waals surface area contributed by atoms with Crippen molar-refractivity contribution in [3.63, 3.8) is 0 Å². The highest BCUT2D eigenvalue weighted by Crippen LogP contribution is 2.09. The van der Waals surface area contributed by atoms with Gasteiger partial charge in [-0.15, -0.1) is 0 Å². The van der Waals surface area contributed by atoms with Crippen LogP contribution in [-0.2, 0) is 14.3 Å². The van der Waals surface area contributed by atoms with Crippen molar-refractivity contribution >= 4 is 17.7 Å². The van der Waals surface area contributed by atoms with Gasteiger partial charge in [0.05, 0.1) is 7.11 Å². The van der Waals surface area contributed by atoms with E-state index in [0.29, 0.717) is 11.3 Å². The predicted molar refractivity (Wildman–Crippen MR) is 87.5 cm³/mol. The van der Waals surface area contributed by atoms with Crippen LogP contribution in [-0.4, -0.2) is 30.8 Å². The SMILES string of the molecule is COC(=O)[C@H](CC#Cc1ccccc1N)NC(=O)OC(C)(C)C. The van der Waals surface area contributed by atoms with Gasteiger partial charge in [-0.05, 0) is 32.9 Å². The Kier molecular flexibility index (Phi) is 6.46. The first-order valence-corrected chi connectivity index (χ1v) is 7.13. The summed E-state index contributed by atoms with van der Waals surface area (Å²) in [5.74, 6) is 5.10. The first-order valence-electron chi connectivity index (χ1n) is 7.13. The number of rotatable bonds is 3. The van der Waals surface area contributed by atoms with Gasteiger partial charge in [0.2, 0.25) is 0 Å². The van der Waals surface area contributed by atoms with Gasteiger partial charge >= 0.3 is 12.1 Å². The molecule has 0 heterocycles. The van der Waals surface area contributed by atoms with Gasteiger partial charge in [-0.3, -0.25) is 0 Å². The summed E-state index contributed by atoms with van der Waals surface area (Å²) >= 11 is 0. The summed E-state index contributed by atoms with van der Waals surface area (Å²) in [6.45, 7) is 5.20. The molecule has 0 aromatic heterocycles. The normalized spacial score (nSPS) is 11.7. The third-order valence-corrected chi connectivity index (χ3v) is 2.67. The number of benzene rings is 1. The number of alkyl carbamates (subject to hydrolysis) is 1. The van der Waals surface area contributed by atoms with Crippen molar-refractivity contribution in [2.75, 3.05) is 12.8 Å². The van der Waals surface area contributed by atoms with Crippen molar-refractivity contribution < 1.29 is 19.1 Å². The highest BCUT2D eigenvalue weighted by Gasteiger charge is 2.24. The zero-order valence-corrected chi connectivity index (χ0v) is 13.8. The molecule has 124 valence electrons. The van der Waals surface area contributed by atoms with Crippen LogP contribution in [0.1, 0.15) is 32.8 Å². The number of nitrogen functional groups attached to an aromatic ring is 1. The van der Waals surface area contributed by atoms with Gasteiger partial charge in [0.15, 0.2) is 0 Å². The molecule has 1 aromatic rings. The van der Waals surface area contributed by atoms with Crippen LogP contribution in [0.5, 0.6) is 0 Å². The fourth-order valence-electron chi connectivity index (χ4n) is 1.64. The summed E-state index contributed by atoms with van der Waals surface area (Å²) in [5.41, 5.74) is 6.34. The van der Waals surface area contributed by atoms with Gasteiger partial charge < -0.3 is 20.5 Å². The van der Waals surface area contributed by atoms with Crippen molar-refractivity contribution in [3.05, 3.63) is 29.8 Å². The molecular formula is C17H22N2O4. The zero-order chi connectivity index (χ0) is 17.5. The topological polar surface area (TPSA) is 90.6 Å². The van der Waals surface area contributed by atoms with Crippen molar-refractivity contribution in [2.45, 2.75) is 38.8 Å². The Hall–Kier alpha value is -2.68. The summed E-state index contributed by atoms with van der Waals surface area (Å²) in [6.07, 6.45) is -0.616. The number of methoxy groups -OCH3 is 1. The van der Waals surface area contributed by atoms with E-state index in [9.17, 15) is 9.59 Å². The molecule has 6 heteroatoms. The van der Waals surface area contributed by atoms with Crippen LogP contribution in [0.25, 0.3) is 0 Å². The number of hydrogen-bond acceptors (Lipinski definition) is 5. The van der Waals surface area contributed by atoms with Crippen molar-refractivity contribution in [3.8, 4) is 11.8 Å². The van der Waals surface area contributed by atoms with Gasteiger partial charge in [-0.25, -0.2) is 9.59 Å². The van der Waals surface area contributed by atoms with Crippen LogP contribution >= 0.6 is 0 Å². The Morgan fingerprint density at radius 3 is 2.52 bits per heavy atom. The minimum absolute atomic E-state index is 0.0836. The van der Waals surface area contributed by atoms with E-state index < -0.39 is 23.7 Å². The quantitative estimate of drug-likeness (QED) is 0.506. The Morgan fingerprint density at radius 2 is 1.96 bits per heavy atom. The largest absolute Gasteiger partial charge is 0.467 e. The fourth-order valence-corrected chi connectivity index (χ4v) is 1.64. The molecular weight excluding hydrogens is 296 g/mol. The summed E-state index contributed by atoms with van der Waals surface area (Å²) in [5, 5.41) is 2.46. The molecule has 0 aliphatic rings. The number of nitrogens with two attached hydrogens (primary N) is 1. The Morgan fingerprint density at radius 1 is 1.30 bits per heavy atom. The smallest absolute Gasteiger partial charge is 0.408 e. The lowest BCUT2D eigenvalue weighted by Crippen LogP contribution is -2.43. The monoisotopic (exact) mass is 318 g/mol. The average Bonchev–Trinajstić information content (AvgIpc) is 2.45. The van der Waals surface area contributed by atoms with Gasteiger partial charge in [0.25, 0.3) is 0 Å². The summed E-state index contributed by atoms with van der Waals surface area (Å²) in [7, 11) is 1.24. The second-order valence-corrected chi connectivity index (χ2v) is 5.82. The molecule has 23 heavy (non-hydrogen) atoms. The summed E-state index contributed by atoms with van der Waals surface area (Å²) in [4.78, 5) is 23.5. The fraction of sp³-hybridized carbons (Fsp3) is 0.412. The lowest BCUT2D eigenvalue weighted by atomic mass is 10.1. The van der Waals surface area contributed by atoms with Crippen molar-refractivity contribution in [1.29, 1.82) is 0 Å². The molecule has 0 aliphatic carbocycles. The maximum Gasteiger partial charge on any atom is 0.408 e. The maximum absolute atomic E-state index is 11.8. The summed E-state index contributed by atoms with van der Waals surface area (Å²) in [6, 6.07) is 6.23. The number of carbonyl (C=O) groups excluding carboxylic acids is 2. The van der Waals surface area contributed by atoms with Crippen molar-refractivity contribution in [2.24, 2.45) is 0 Å².